The first kappa shape index (κ1) is 19.6. The van der Waals surface area contributed by atoms with Crippen LogP contribution in [0.1, 0.15) is 11.6 Å². The Morgan fingerprint density at radius 2 is 1.72 bits per heavy atom. The van der Waals surface area contributed by atoms with Crippen molar-refractivity contribution in [2.75, 3.05) is 10.6 Å². The van der Waals surface area contributed by atoms with Gasteiger partial charge in [0.15, 0.2) is 5.82 Å². The standard InChI is InChI=1S/C25H21N5O2/c1-16-21(24(32)27-19-12-6-3-7-13-19)22(18-11-8-14-20(31)15-18)30-25(26-16)28-23(29-30)17-9-4-2-5-10-17/h2-15,21-22,31H,1H2,(H,27,32)(H,26,28,29). The molecule has 0 fully saturated rings. The highest BCUT2D eigenvalue weighted by Gasteiger charge is 2.40. The van der Waals surface area contributed by atoms with E-state index >= 15 is 0 Å². The van der Waals surface area contributed by atoms with E-state index in [4.69, 9.17) is 5.10 Å². The van der Waals surface area contributed by atoms with E-state index in [-0.39, 0.29) is 11.7 Å². The molecule has 0 saturated carbocycles. The van der Waals surface area contributed by atoms with Crippen LogP contribution >= 0.6 is 0 Å². The second-order valence-corrected chi connectivity index (χ2v) is 7.59. The van der Waals surface area contributed by atoms with Gasteiger partial charge in [-0.1, -0.05) is 67.2 Å². The Bertz CT molecular complexity index is 1280. The van der Waals surface area contributed by atoms with Crippen molar-refractivity contribution in [3.63, 3.8) is 0 Å². The SMILES string of the molecule is C=C1Nc2nc(-c3ccccc3)nn2C(c2cccc(O)c2)C1C(=O)Nc1ccccc1. The average Bonchev–Trinajstić information content (AvgIpc) is 3.23. The lowest BCUT2D eigenvalue weighted by molar-refractivity contribution is -0.119. The van der Waals surface area contributed by atoms with Crippen LogP contribution in [-0.4, -0.2) is 25.8 Å². The van der Waals surface area contributed by atoms with Crippen LogP contribution in [0.15, 0.2) is 97.2 Å². The highest BCUT2D eigenvalue weighted by molar-refractivity contribution is 5.95. The predicted octanol–water partition coefficient (Wildman–Crippen LogP) is 4.43. The zero-order chi connectivity index (χ0) is 22.1. The van der Waals surface area contributed by atoms with Crippen molar-refractivity contribution in [2.45, 2.75) is 6.04 Å². The van der Waals surface area contributed by atoms with Crippen molar-refractivity contribution in [2.24, 2.45) is 5.92 Å². The highest BCUT2D eigenvalue weighted by atomic mass is 16.3. The number of carbonyl (C=O) groups excluding carboxylic acids is 1. The van der Waals surface area contributed by atoms with Gasteiger partial charge in [0, 0.05) is 16.9 Å². The van der Waals surface area contributed by atoms with Gasteiger partial charge in [-0.05, 0) is 29.8 Å². The molecule has 2 atom stereocenters. The lowest BCUT2D eigenvalue weighted by Crippen LogP contribution is -2.39. The minimum Gasteiger partial charge on any atom is -0.508 e. The highest BCUT2D eigenvalue weighted by Crippen LogP contribution is 2.39. The molecule has 3 N–H and O–H groups in total. The molecule has 0 bridgehead atoms. The number of benzene rings is 3. The van der Waals surface area contributed by atoms with Gasteiger partial charge >= 0.3 is 0 Å². The molecule has 0 aliphatic carbocycles. The zero-order valence-electron chi connectivity index (χ0n) is 17.1. The summed E-state index contributed by atoms with van der Waals surface area (Å²) in [5.41, 5.74) is 2.79. The molecular formula is C25H21N5O2. The number of hydrogen-bond donors (Lipinski definition) is 3. The predicted molar refractivity (Wildman–Crippen MR) is 123 cm³/mol. The maximum Gasteiger partial charge on any atom is 0.235 e. The minimum atomic E-state index is -0.685. The Hall–Kier alpha value is -4.39. The van der Waals surface area contributed by atoms with Crippen LogP contribution in [0, 0.1) is 5.92 Å². The number of carbonyl (C=O) groups is 1. The Kier molecular flexibility index (Phi) is 4.91. The third-order valence-corrected chi connectivity index (χ3v) is 5.43. The molecule has 3 aromatic carbocycles. The smallest absolute Gasteiger partial charge is 0.235 e. The molecule has 2 heterocycles. The summed E-state index contributed by atoms with van der Waals surface area (Å²) in [7, 11) is 0. The molecule has 158 valence electrons. The monoisotopic (exact) mass is 423 g/mol. The van der Waals surface area contributed by atoms with E-state index < -0.39 is 12.0 Å². The Morgan fingerprint density at radius 1 is 1.00 bits per heavy atom. The number of anilines is 2. The summed E-state index contributed by atoms with van der Waals surface area (Å²) in [6.07, 6.45) is 0. The van der Waals surface area contributed by atoms with E-state index in [0.29, 0.717) is 23.2 Å². The largest absolute Gasteiger partial charge is 0.508 e. The number of phenolic OH excluding ortho intramolecular Hbond substituents is 1. The average molecular weight is 423 g/mol. The zero-order valence-corrected chi connectivity index (χ0v) is 17.1. The van der Waals surface area contributed by atoms with E-state index in [0.717, 1.165) is 11.1 Å². The van der Waals surface area contributed by atoms with E-state index in [1.165, 1.54) is 0 Å². The van der Waals surface area contributed by atoms with Crippen LogP contribution in [-0.2, 0) is 4.79 Å². The number of para-hydroxylation sites is 1. The third-order valence-electron chi connectivity index (χ3n) is 5.43. The molecule has 0 saturated heterocycles. The summed E-state index contributed by atoms with van der Waals surface area (Å²) in [5.74, 6) is 0.222. The van der Waals surface area contributed by atoms with Gasteiger partial charge in [0.25, 0.3) is 0 Å². The van der Waals surface area contributed by atoms with E-state index in [9.17, 15) is 9.90 Å². The van der Waals surface area contributed by atoms with Crippen LogP contribution in [0.25, 0.3) is 11.4 Å². The first-order valence-electron chi connectivity index (χ1n) is 10.2. The maximum atomic E-state index is 13.4. The molecule has 32 heavy (non-hydrogen) atoms. The number of nitrogens with zero attached hydrogens (tertiary/aromatic N) is 3. The maximum absolute atomic E-state index is 13.4. The number of hydrogen-bond acceptors (Lipinski definition) is 5. The van der Waals surface area contributed by atoms with E-state index in [2.05, 4.69) is 22.2 Å². The quantitative estimate of drug-likeness (QED) is 0.452. The molecule has 2 unspecified atom stereocenters. The second-order valence-electron chi connectivity index (χ2n) is 7.59. The van der Waals surface area contributed by atoms with Crippen LogP contribution in [0.4, 0.5) is 11.6 Å². The second kappa shape index (κ2) is 8.03. The van der Waals surface area contributed by atoms with Gasteiger partial charge in [0.05, 0.1) is 6.04 Å². The Labute approximate surface area is 185 Å². The van der Waals surface area contributed by atoms with Crippen molar-refractivity contribution < 1.29 is 9.90 Å². The molecule has 1 amide bonds. The summed E-state index contributed by atoms with van der Waals surface area (Å²) in [6.45, 7) is 4.12. The van der Waals surface area contributed by atoms with E-state index in [1.807, 2.05) is 66.7 Å². The summed E-state index contributed by atoms with van der Waals surface area (Å²) in [6, 6.07) is 25.2. The molecule has 4 aromatic rings. The molecule has 1 aromatic heterocycles. The summed E-state index contributed by atoms with van der Waals surface area (Å²) in [4.78, 5) is 18.0. The fourth-order valence-corrected chi connectivity index (χ4v) is 3.95. The van der Waals surface area contributed by atoms with Crippen LogP contribution in [0.2, 0.25) is 0 Å². The van der Waals surface area contributed by atoms with Gasteiger partial charge in [-0.3, -0.25) is 4.79 Å². The number of fused-ring (bicyclic) bond motifs is 1. The third kappa shape index (κ3) is 3.60. The number of phenols is 1. The minimum absolute atomic E-state index is 0.110. The number of nitrogens with one attached hydrogen (secondary N) is 2. The van der Waals surface area contributed by atoms with Gasteiger partial charge in [0.2, 0.25) is 11.9 Å². The Morgan fingerprint density at radius 3 is 2.44 bits per heavy atom. The first-order chi connectivity index (χ1) is 15.6. The van der Waals surface area contributed by atoms with Crippen molar-refractivity contribution >= 4 is 17.5 Å². The number of aromatic nitrogens is 3. The molecule has 1 aliphatic heterocycles. The lowest BCUT2D eigenvalue weighted by atomic mass is 9.88. The molecule has 0 spiro atoms. The molecule has 0 radical (unpaired) electrons. The first-order valence-corrected chi connectivity index (χ1v) is 10.2. The normalized spacial score (nSPS) is 17.3. The fraction of sp³-hybridized carbons (Fsp3) is 0.0800. The van der Waals surface area contributed by atoms with Crippen LogP contribution < -0.4 is 10.6 Å². The molecular weight excluding hydrogens is 402 g/mol. The number of amides is 1. The molecule has 1 aliphatic rings. The van der Waals surface area contributed by atoms with E-state index in [1.54, 1.807) is 22.9 Å². The van der Waals surface area contributed by atoms with Crippen LogP contribution in [0.3, 0.4) is 0 Å². The van der Waals surface area contributed by atoms with Crippen molar-refractivity contribution in [3.8, 4) is 17.1 Å². The van der Waals surface area contributed by atoms with Crippen molar-refractivity contribution in [1.29, 1.82) is 0 Å². The molecule has 7 nitrogen and oxygen atoms in total. The topological polar surface area (TPSA) is 92.1 Å². The van der Waals surface area contributed by atoms with Crippen molar-refractivity contribution in [1.82, 2.24) is 14.8 Å². The van der Waals surface area contributed by atoms with Gasteiger partial charge in [0.1, 0.15) is 11.7 Å². The Balaban J connectivity index is 1.60. The van der Waals surface area contributed by atoms with Crippen LogP contribution in [0.5, 0.6) is 5.75 Å². The molecule has 7 heteroatoms. The summed E-state index contributed by atoms with van der Waals surface area (Å²) < 4.78 is 1.70. The summed E-state index contributed by atoms with van der Waals surface area (Å²) in [5, 5.41) is 21.0. The lowest BCUT2D eigenvalue weighted by Gasteiger charge is -2.33. The molecule has 5 rings (SSSR count). The van der Waals surface area contributed by atoms with Gasteiger partial charge in [-0.2, -0.15) is 4.98 Å². The van der Waals surface area contributed by atoms with Gasteiger partial charge < -0.3 is 15.7 Å². The van der Waals surface area contributed by atoms with Gasteiger partial charge in [-0.15, -0.1) is 5.10 Å². The van der Waals surface area contributed by atoms with Crippen molar-refractivity contribution in [3.05, 3.63) is 103 Å². The van der Waals surface area contributed by atoms with Gasteiger partial charge in [-0.25, -0.2) is 4.68 Å². The number of rotatable bonds is 4. The summed E-state index contributed by atoms with van der Waals surface area (Å²) >= 11 is 0. The fourth-order valence-electron chi connectivity index (χ4n) is 3.95. The number of aromatic hydroxyl groups is 1.